The molecule has 120 valence electrons. The molecule has 0 spiro atoms. The number of rotatable bonds is 13. The Morgan fingerprint density at radius 3 is 2.20 bits per heavy atom. The van der Waals surface area contributed by atoms with Gasteiger partial charge < -0.3 is 14.8 Å². The molecule has 1 N–H and O–H groups in total. The molecule has 0 aromatic heterocycles. The van der Waals surface area contributed by atoms with E-state index >= 15 is 0 Å². The molecule has 1 aliphatic heterocycles. The molecule has 1 unspecified atom stereocenters. The van der Waals surface area contributed by atoms with E-state index in [4.69, 9.17) is 9.47 Å². The second-order valence-corrected chi connectivity index (χ2v) is 5.95. The van der Waals surface area contributed by atoms with Crippen LogP contribution < -0.4 is 5.32 Å². The summed E-state index contributed by atoms with van der Waals surface area (Å²) in [6.45, 7) is 6.68. The van der Waals surface area contributed by atoms with E-state index in [-0.39, 0.29) is 6.10 Å². The summed E-state index contributed by atoms with van der Waals surface area (Å²) in [7, 11) is 0. The highest BCUT2D eigenvalue weighted by Crippen LogP contribution is 2.10. The Balaban J connectivity index is 1.70. The first-order valence-corrected chi connectivity index (χ1v) is 8.83. The first-order chi connectivity index (χ1) is 9.93. The fourth-order valence-electron chi connectivity index (χ4n) is 2.63. The van der Waals surface area contributed by atoms with Gasteiger partial charge in [0.1, 0.15) is 0 Å². The van der Waals surface area contributed by atoms with Crippen LogP contribution in [0.4, 0.5) is 0 Å². The van der Waals surface area contributed by atoms with Crippen molar-refractivity contribution in [2.24, 2.45) is 0 Å². The Morgan fingerprint density at radius 2 is 1.60 bits per heavy atom. The van der Waals surface area contributed by atoms with Crippen LogP contribution in [0.5, 0.6) is 0 Å². The summed E-state index contributed by atoms with van der Waals surface area (Å²) in [5.74, 6) is 0. The number of hydrogen-bond donors (Lipinski definition) is 1. The molecule has 3 nitrogen and oxygen atoms in total. The maximum Gasteiger partial charge on any atom is 0.0933 e. The van der Waals surface area contributed by atoms with Crippen LogP contribution in [0.1, 0.15) is 71.1 Å². The monoisotopic (exact) mass is 285 g/mol. The van der Waals surface area contributed by atoms with Gasteiger partial charge in [-0.2, -0.15) is 0 Å². The highest BCUT2D eigenvalue weighted by atomic mass is 16.5. The smallest absolute Gasteiger partial charge is 0.0933 e. The summed E-state index contributed by atoms with van der Waals surface area (Å²) in [5, 5.41) is 3.32. The Bertz CT molecular complexity index is 193. The number of ether oxygens (including phenoxy) is 2. The van der Waals surface area contributed by atoms with Crippen molar-refractivity contribution in [2.75, 3.05) is 32.9 Å². The van der Waals surface area contributed by atoms with Gasteiger partial charge >= 0.3 is 0 Å². The maximum absolute atomic E-state index is 5.68. The van der Waals surface area contributed by atoms with E-state index < -0.39 is 0 Å². The van der Waals surface area contributed by atoms with Crippen LogP contribution in [-0.4, -0.2) is 39.0 Å². The van der Waals surface area contributed by atoms with E-state index in [0.29, 0.717) is 0 Å². The summed E-state index contributed by atoms with van der Waals surface area (Å²) in [6.07, 6.45) is 14.1. The first kappa shape index (κ1) is 17.9. The lowest BCUT2D eigenvalue weighted by Gasteiger charge is -2.23. The number of hydrogen-bond acceptors (Lipinski definition) is 3. The molecule has 1 fully saturated rings. The van der Waals surface area contributed by atoms with Crippen LogP contribution in [0.3, 0.4) is 0 Å². The summed E-state index contributed by atoms with van der Waals surface area (Å²) in [4.78, 5) is 0. The summed E-state index contributed by atoms with van der Waals surface area (Å²) in [5.41, 5.74) is 0. The summed E-state index contributed by atoms with van der Waals surface area (Å²) in [6, 6.07) is 0. The summed E-state index contributed by atoms with van der Waals surface area (Å²) >= 11 is 0. The van der Waals surface area contributed by atoms with Crippen LogP contribution >= 0.6 is 0 Å². The van der Waals surface area contributed by atoms with Gasteiger partial charge in [-0.05, 0) is 6.42 Å². The molecule has 0 aromatic carbocycles. The third-order valence-corrected chi connectivity index (χ3v) is 3.95. The molecule has 1 saturated heterocycles. The van der Waals surface area contributed by atoms with Gasteiger partial charge in [0.15, 0.2) is 0 Å². The second-order valence-electron chi connectivity index (χ2n) is 5.95. The Kier molecular flexibility index (Phi) is 12.4. The average molecular weight is 285 g/mol. The van der Waals surface area contributed by atoms with Crippen LogP contribution in [0.2, 0.25) is 0 Å². The van der Waals surface area contributed by atoms with Crippen molar-refractivity contribution in [2.45, 2.75) is 77.2 Å². The molecule has 1 heterocycles. The Morgan fingerprint density at radius 1 is 0.950 bits per heavy atom. The van der Waals surface area contributed by atoms with E-state index in [2.05, 4.69) is 12.2 Å². The van der Waals surface area contributed by atoms with E-state index in [0.717, 1.165) is 32.9 Å². The van der Waals surface area contributed by atoms with Crippen molar-refractivity contribution in [3.05, 3.63) is 0 Å². The standard InChI is InChI=1S/C17H35NO2/c1-2-3-4-5-6-7-8-9-10-11-13-19-16-17-15-18-12-14-20-17/h17-18H,2-16H2,1H3. The highest BCUT2D eigenvalue weighted by molar-refractivity contribution is 4.65. The number of morpholine rings is 1. The lowest BCUT2D eigenvalue weighted by atomic mass is 10.1. The van der Waals surface area contributed by atoms with Gasteiger partial charge in [-0.1, -0.05) is 64.7 Å². The quantitative estimate of drug-likeness (QED) is 0.520. The minimum Gasteiger partial charge on any atom is -0.379 e. The number of nitrogens with one attached hydrogen (secondary N) is 1. The van der Waals surface area contributed by atoms with Crippen LogP contribution in [0.25, 0.3) is 0 Å². The predicted molar refractivity (Wildman–Crippen MR) is 85.3 cm³/mol. The molecule has 0 aromatic rings. The Hall–Kier alpha value is -0.120. The number of unbranched alkanes of at least 4 members (excludes halogenated alkanes) is 9. The lowest BCUT2D eigenvalue weighted by molar-refractivity contribution is -0.0319. The normalized spacial score (nSPS) is 19.4. The van der Waals surface area contributed by atoms with Crippen molar-refractivity contribution in [3.63, 3.8) is 0 Å². The van der Waals surface area contributed by atoms with Gasteiger partial charge in [0.25, 0.3) is 0 Å². The van der Waals surface area contributed by atoms with Crippen LogP contribution in [-0.2, 0) is 9.47 Å². The van der Waals surface area contributed by atoms with Gasteiger partial charge in [-0.3, -0.25) is 0 Å². The third-order valence-electron chi connectivity index (χ3n) is 3.95. The molecule has 20 heavy (non-hydrogen) atoms. The maximum atomic E-state index is 5.68. The van der Waals surface area contributed by atoms with Crippen molar-refractivity contribution in [1.82, 2.24) is 5.32 Å². The van der Waals surface area contributed by atoms with Gasteiger partial charge in [0, 0.05) is 19.7 Å². The molecular weight excluding hydrogens is 250 g/mol. The lowest BCUT2D eigenvalue weighted by Crippen LogP contribution is -2.41. The van der Waals surface area contributed by atoms with Gasteiger partial charge in [0.05, 0.1) is 19.3 Å². The zero-order valence-corrected chi connectivity index (χ0v) is 13.5. The first-order valence-electron chi connectivity index (χ1n) is 8.83. The minimum atomic E-state index is 0.270. The van der Waals surface area contributed by atoms with Crippen molar-refractivity contribution in [3.8, 4) is 0 Å². The van der Waals surface area contributed by atoms with E-state index in [1.807, 2.05) is 0 Å². The fraction of sp³-hybridized carbons (Fsp3) is 1.00. The molecule has 0 aliphatic carbocycles. The van der Waals surface area contributed by atoms with E-state index in [9.17, 15) is 0 Å². The highest BCUT2D eigenvalue weighted by Gasteiger charge is 2.12. The SMILES string of the molecule is CCCCCCCCCCCCOCC1CNCCO1. The van der Waals surface area contributed by atoms with Crippen LogP contribution in [0.15, 0.2) is 0 Å². The topological polar surface area (TPSA) is 30.5 Å². The molecule has 3 heteroatoms. The largest absolute Gasteiger partial charge is 0.379 e. The van der Waals surface area contributed by atoms with E-state index in [1.54, 1.807) is 0 Å². The van der Waals surface area contributed by atoms with Crippen LogP contribution in [0, 0.1) is 0 Å². The zero-order valence-electron chi connectivity index (χ0n) is 13.5. The van der Waals surface area contributed by atoms with Crippen molar-refractivity contribution in [1.29, 1.82) is 0 Å². The Labute approximate surface area is 125 Å². The van der Waals surface area contributed by atoms with Crippen molar-refractivity contribution < 1.29 is 9.47 Å². The molecule has 0 bridgehead atoms. The third kappa shape index (κ3) is 10.6. The molecule has 1 rings (SSSR count). The minimum absolute atomic E-state index is 0.270. The van der Waals surface area contributed by atoms with Gasteiger partial charge in [0.2, 0.25) is 0 Å². The summed E-state index contributed by atoms with van der Waals surface area (Å²) < 4.78 is 11.3. The fourth-order valence-corrected chi connectivity index (χ4v) is 2.63. The molecule has 0 amide bonds. The molecule has 0 radical (unpaired) electrons. The van der Waals surface area contributed by atoms with Crippen molar-refractivity contribution >= 4 is 0 Å². The molecular formula is C17H35NO2. The van der Waals surface area contributed by atoms with Gasteiger partial charge in [-0.15, -0.1) is 0 Å². The predicted octanol–water partition coefficient (Wildman–Crippen LogP) is 3.91. The molecule has 0 saturated carbocycles. The van der Waals surface area contributed by atoms with Gasteiger partial charge in [-0.25, -0.2) is 0 Å². The second kappa shape index (κ2) is 13.8. The zero-order chi connectivity index (χ0) is 14.3. The molecule has 1 aliphatic rings. The molecule has 1 atom stereocenters. The van der Waals surface area contributed by atoms with E-state index in [1.165, 1.54) is 64.2 Å². The average Bonchev–Trinajstić information content (AvgIpc) is 2.49.